The standard InChI is InChI=1S/C45H35N3O/c1-44(2,3)31-28-41(47-42(29-31)48-39-23-10-6-19-35(39)36-20-7-11-24-40(36)48)45(30-15-14-16-32(27-30)49-43-25-12-13-26-46-43)37-21-8-4-17-33(37)34-18-5-9-22-38(34)45/h4-29H,1-3H3. The molecule has 0 bridgehead atoms. The number of ether oxygens (including phenoxy) is 1. The summed E-state index contributed by atoms with van der Waals surface area (Å²) in [6.45, 7) is 6.85. The number of nitrogens with zero attached hydrogens (tertiary/aromatic N) is 3. The van der Waals surface area contributed by atoms with Crippen molar-refractivity contribution in [3.8, 4) is 28.6 Å². The first-order valence-electron chi connectivity index (χ1n) is 16.8. The number of pyridine rings is 2. The van der Waals surface area contributed by atoms with E-state index in [1.807, 2.05) is 24.3 Å². The second-order valence-corrected chi connectivity index (χ2v) is 13.9. The first-order chi connectivity index (χ1) is 23.9. The summed E-state index contributed by atoms with van der Waals surface area (Å²) in [6, 6.07) is 53.7. The van der Waals surface area contributed by atoms with Crippen molar-refractivity contribution in [3.05, 3.63) is 186 Å². The lowest BCUT2D eigenvalue weighted by Gasteiger charge is -2.34. The summed E-state index contributed by atoms with van der Waals surface area (Å²) in [4.78, 5) is 10.2. The van der Waals surface area contributed by atoms with E-state index in [4.69, 9.17) is 9.72 Å². The molecular weight excluding hydrogens is 599 g/mol. The Bertz CT molecular complexity index is 2420. The highest BCUT2D eigenvalue weighted by atomic mass is 16.5. The average molecular weight is 634 g/mol. The zero-order valence-electron chi connectivity index (χ0n) is 27.8. The third-order valence-corrected chi connectivity index (χ3v) is 9.95. The second kappa shape index (κ2) is 11.0. The van der Waals surface area contributed by atoms with Crippen molar-refractivity contribution in [2.45, 2.75) is 31.6 Å². The van der Waals surface area contributed by atoms with Crippen molar-refractivity contribution in [1.29, 1.82) is 0 Å². The summed E-state index contributed by atoms with van der Waals surface area (Å²) in [6.07, 6.45) is 1.75. The van der Waals surface area contributed by atoms with Crippen LogP contribution in [0.2, 0.25) is 0 Å². The summed E-state index contributed by atoms with van der Waals surface area (Å²) in [5, 5.41) is 2.43. The Morgan fingerprint density at radius 1 is 0.592 bits per heavy atom. The molecule has 4 heteroatoms. The van der Waals surface area contributed by atoms with Gasteiger partial charge in [-0.05, 0) is 81.3 Å². The van der Waals surface area contributed by atoms with E-state index in [1.54, 1.807) is 6.20 Å². The summed E-state index contributed by atoms with van der Waals surface area (Å²) in [5.74, 6) is 2.19. The summed E-state index contributed by atoms with van der Waals surface area (Å²) in [5.41, 5.74) is 9.55. The van der Waals surface area contributed by atoms with Crippen LogP contribution in [-0.2, 0) is 10.8 Å². The van der Waals surface area contributed by atoms with E-state index in [0.717, 1.165) is 33.9 Å². The first-order valence-corrected chi connectivity index (χ1v) is 16.8. The largest absolute Gasteiger partial charge is 0.439 e. The molecule has 0 saturated heterocycles. The molecule has 0 N–H and O–H groups in total. The molecule has 1 aliphatic carbocycles. The molecule has 0 saturated carbocycles. The Morgan fingerprint density at radius 3 is 1.84 bits per heavy atom. The van der Waals surface area contributed by atoms with Gasteiger partial charge in [-0.1, -0.05) is 124 Å². The molecule has 236 valence electrons. The molecular formula is C45H35N3O. The molecule has 1 aliphatic rings. The summed E-state index contributed by atoms with van der Waals surface area (Å²) in [7, 11) is 0. The summed E-state index contributed by atoms with van der Waals surface area (Å²) < 4.78 is 8.69. The lowest BCUT2D eigenvalue weighted by atomic mass is 9.69. The van der Waals surface area contributed by atoms with Crippen LogP contribution in [0.4, 0.5) is 0 Å². The Morgan fingerprint density at radius 2 is 1.20 bits per heavy atom. The number of benzene rings is 5. The lowest BCUT2D eigenvalue weighted by Crippen LogP contribution is -2.31. The van der Waals surface area contributed by atoms with E-state index in [1.165, 1.54) is 38.6 Å². The van der Waals surface area contributed by atoms with Gasteiger partial charge in [0.2, 0.25) is 5.88 Å². The van der Waals surface area contributed by atoms with Crippen LogP contribution in [0.5, 0.6) is 11.6 Å². The van der Waals surface area contributed by atoms with Crippen LogP contribution in [0.25, 0.3) is 38.8 Å². The van der Waals surface area contributed by atoms with E-state index < -0.39 is 5.41 Å². The molecule has 0 spiro atoms. The molecule has 3 heterocycles. The van der Waals surface area contributed by atoms with Gasteiger partial charge in [-0.25, -0.2) is 9.97 Å². The van der Waals surface area contributed by atoms with E-state index in [9.17, 15) is 0 Å². The van der Waals surface area contributed by atoms with Crippen molar-refractivity contribution in [3.63, 3.8) is 0 Å². The molecule has 49 heavy (non-hydrogen) atoms. The molecule has 8 aromatic rings. The van der Waals surface area contributed by atoms with Gasteiger partial charge in [0.25, 0.3) is 0 Å². The van der Waals surface area contributed by atoms with Gasteiger partial charge in [0.05, 0.1) is 22.1 Å². The maximum atomic E-state index is 6.36. The number of fused-ring (bicyclic) bond motifs is 6. The Kier molecular flexibility index (Phi) is 6.57. The van der Waals surface area contributed by atoms with Crippen molar-refractivity contribution in [2.75, 3.05) is 0 Å². The van der Waals surface area contributed by atoms with Crippen molar-refractivity contribution in [1.82, 2.24) is 14.5 Å². The SMILES string of the molecule is CC(C)(C)c1cc(-n2c3ccccc3c3ccccc32)nc(C2(c3cccc(Oc4ccccn4)c3)c3ccccc3-c3ccccc32)c1. The van der Waals surface area contributed by atoms with Gasteiger partial charge in [0.15, 0.2) is 0 Å². The van der Waals surface area contributed by atoms with E-state index in [0.29, 0.717) is 5.88 Å². The minimum absolute atomic E-state index is 0.145. The molecule has 0 aliphatic heterocycles. The molecule has 9 rings (SSSR count). The predicted octanol–water partition coefficient (Wildman–Crippen LogP) is 11.0. The van der Waals surface area contributed by atoms with Gasteiger partial charge in [-0.15, -0.1) is 0 Å². The Labute approximate surface area is 286 Å². The van der Waals surface area contributed by atoms with E-state index in [2.05, 4.69) is 158 Å². The average Bonchev–Trinajstić information content (AvgIpc) is 3.63. The molecule has 0 amide bonds. The quantitative estimate of drug-likeness (QED) is 0.189. The van der Waals surface area contributed by atoms with Gasteiger partial charge in [0.1, 0.15) is 11.6 Å². The fraction of sp³-hybridized carbons (Fsp3) is 0.111. The second-order valence-electron chi connectivity index (χ2n) is 13.9. The molecule has 3 aromatic heterocycles. The minimum Gasteiger partial charge on any atom is -0.439 e. The van der Waals surface area contributed by atoms with E-state index >= 15 is 0 Å². The van der Waals surface area contributed by atoms with E-state index in [-0.39, 0.29) is 5.41 Å². The Balaban J connectivity index is 1.39. The topological polar surface area (TPSA) is 39.9 Å². The maximum Gasteiger partial charge on any atom is 0.219 e. The zero-order chi connectivity index (χ0) is 33.2. The molecule has 0 unspecified atom stereocenters. The highest BCUT2D eigenvalue weighted by Gasteiger charge is 2.48. The maximum absolute atomic E-state index is 6.36. The van der Waals surface area contributed by atoms with Gasteiger partial charge < -0.3 is 4.74 Å². The first kappa shape index (κ1) is 29.2. The van der Waals surface area contributed by atoms with Gasteiger partial charge >= 0.3 is 0 Å². The number of para-hydroxylation sites is 2. The number of hydrogen-bond donors (Lipinski definition) is 0. The van der Waals surface area contributed by atoms with Gasteiger partial charge in [-0.3, -0.25) is 4.57 Å². The predicted molar refractivity (Wildman–Crippen MR) is 199 cm³/mol. The third-order valence-electron chi connectivity index (χ3n) is 9.95. The van der Waals surface area contributed by atoms with Crippen LogP contribution in [-0.4, -0.2) is 14.5 Å². The lowest BCUT2D eigenvalue weighted by molar-refractivity contribution is 0.461. The monoisotopic (exact) mass is 633 g/mol. The van der Waals surface area contributed by atoms with Crippen LogP contribution in [0.3, 0.4) is 0 Å². The van der Waals surface area contributed by atoms with Crippen molar-refractivity contribution < 1.29 is 4.74 Å². The molecule has 0 atom stereocenters. The smallest absolute Gasteiger partial charge is 0.219 e. The number of hydrogen-bond acceptors (Lipinski definition) is 3. The van der Waals surface area contributed by atoms with Crippen molar-refractivity contribution in [2.24, 2.45) is 0 Å². The van der Waals surface area contributed by atoms with Gasteiger partial charge in [0, 0.05) is 23.0 Å². The van der Waals surface area contributed by atoms with Crippen LogP contribution >= 0.6 is 0 Å². The van der Waals surface area contributed by atoms with Crippen LogP contribution in [0, 0.1) is 0 Å². The Hall–Kier alpha value is -6.00. The molecule has 4 nitrogen and oxygen atoms in total. The van der Waals surface area contributed by atoms with Crippen molar-refractivity contribution >= 4 is 21.8 Å². The highest BCUT2D eigenvalue weighted by molar-refractivity contribution is 6.09. The molecule has 0 radical (unpaired) electrons. The van der Waals surface area contributed by atoms with Crippen LogP contribution in [0.15, 0.2) is 158 Å². The number of aromatic nitrogens is 3. The highest BCUT2D eigenvalue weighted by Crippen LogP contribution is 2.56. The fourth-order valence-corrected chi connectivity index (χ4v) is 7.72. The molecule has 5 aromatic carbocycles. The fourth-order valence-electron chi connectivity index (χ4n) is 7.72. The zero-order valence-corrected chi connectivity index (χ0v) is 27.8. The number of rotatable bonds is 5. The van der Waals surface area contributed by atoms with Crippen LogP contribution in [0.1, 0.15) is 48.7 Å². The normalized spacial score (nSPS) is 13.4. The minimum atomic E-state index is -0.717. The summed E-state index contributed by atoms with van der Waals surface area (Å²) >= 11 is 0. The van der Waals surface area contributed by atoms with Gasteiger partial charge in [-0.2, -0.15) is 0 Å². The third kappa shape index (κ3) is 4.51. The van der Waals surface area contributed by atoms with Crippen LogP contribution < -0.4 is 4.74 Å². The molecule has 0 fully saturated rings.